The topological polar surface area (TPSA) is 99.2 Å². The molecule has 1 aromatic rings. The zero-order chi connectivity index (χ0) is 15.5. The Balaban J connectivity index is 1.98. The second kappa shape index (κ2) is 6.26. The predicted molar refractivity (Wildman–Crippen MR) is 77.4 cm³/mol. The van der Waals surface area contributed by atoms with Crippen LogP contribution in [0.5, 0.6) is 0 Å². The van der Waals surface area contributed by atoms with Gasteiger partial charge in [0.2, 0.25) is 5.91 Å². The monoisotopic (exact) mass is 294 g/mol. The molecule has 2 rings (SSSR count). The maximum absolute atomic E-state index is 12.3. The molecule has 3 N–H and O–H groups in total. The molecule has 0 bridgehead atoms. The Morgan fingerprint density at radius 2 is 2.33 bits per heavy atom. The number of hydrogen-bond acceptors (Lipinski definition) is 5. The predicted octanol–water partition coefficient (Wildman–Crippen LogP) is 0.902. The van der Waals surface area contributed by atoms with Crippen LogP contribution in [0.15, 0.2) is 12.3 Å². The van der Waals surface area contributed by atoms with Gasteiger partial charge in [-0.05, 0) is 19.8 Å². The number of rotatable bonds is 4. The van der Waals surface area contributed by atoms with Gasteiger partial charge < -0.3 is 15.8 Å². The summed E-state index contributed by atoms with van der Waals surface area (Å²) < 4.78 is 5.98. The highest BCUT2D eigenvalue weighted by Crippen LogP contribution is 2.32. The number of nitrogens with two attached hydrogens (primary N) is 1. The summed E-state index contributed by atoms with van der Waals surface area (Å²) in [4.78, 5) is 23.5. The fourth-order valence-corrected chi connectivity index (χ4v) is 2.72. The molecule has 7 heteroatoms. The number of anilines is 1. The molecule has 1 aliphatic carbocycles. The lowest BCUT2D eigenvalue weighted by Crippen LogP contribution is -2.51. The van der Waals surface area contributed by atoms with Crippen molar-refractivity contribution < 1.29 is 14.3 Å². The van der Waals surface area contributed by atoms with E-state index in [0.29, 0.717) is 5.82 Å². The van der Waals surface area contributed by atoms with Crippen LogP contribution in [-0.4, -0.2) is 34.3 Å². The fourth-order valence-electron chi connectivity index (χ4n) is 2.72. The van der Waals surface area contributed by atoms with E-state index in [9.17, 15) is 9.59 Å². The van der Waals surface area contributed by atoms with Crippen LogP contribution in [-0.2, 0) is 20.9 Å². The summed E-state index contributed by atoms with van der Waals surface area (Å²) in [5, 5.41) is 6.90. The molecule has 1 fully saturated rings. The first-order valence-electron chi connectivity index (χ1n) is 7.12. The van der Waals surface area contributed by atoms with Crippen molar-refractivity contribution in [3.8, 4) is 0 Å². The van der Waals surface area contributed by atoms with Crippen molar-refractivity contribution in [2.24, 2.45) is 11.7 Å². The highest BCUT2D eigenvalue weighted by Gasteiger charge is 2.37. The molecular weight excluding hydrogens is 272 g/mol. The third-order valence-electron chi connectivity index (χ3n) is 3.98. The molecule has 21 heavy (non-hydrogen) atoms. The molecule has 2 unspecified atom stereocenters. The van der Waals surface area contributed by atoms with Crippen LogP contribution in [0.2, 0.25) is 0 Å². The van der Waals surface area contributed by atoms with Crippen LogP contribution in [0.3, 0.4) is 0 Å². The summed E-state index contributed by atoms with van der Waals surface area (Å²) in [5.41, 5.74) is 5.74. The number of hydrogen-bond donors (Lipinski definition) is 2. The summed E-state index contributed by atoms with van der Waals surface area (Å²) in [6.07, 6.45) is 5.34. The fraction of sp³-hybridized carbons (Fsp3) is 0.643. The molecule has 0 saturated heterocycles. The maximum Gasteiger partial charge on any atom is 0.327 e. The number of nitrogens with one attached hydrogen (secondary N) is 1. The summed E-state index contributed by atoms with van der Waals surface area (Å²) in [5.74, 6) is -0.289. The second-order valence-corrected chi connectivity index (χ2v) is 5.77. The second-order valence-electron chi connectivity index (χ2n) is 5.77. The summed E-state index contributed by atoms with van der Waals surface area (Å²) in [7, 11) is 1.32. The van der Waals surface area contributed by atoms with Crippen molar-refractivity contribution in [1.82, 2.24) is 9.78 Å². The Bertz CT molecular complexity index is 524. The van der Waals surface area contributed by atoms with Crippen molar-refractivity contribution in [1.29, 1.82) is 0 Å². The molecular formula is C14H22N4O3. The quantitative estimate of drug-likeness (QED) is 0.804. The molecule has 1 aliphatic rings. The molecule has 1 aromatic heterocycles. The van der Waals surface area contributed by atoms with Gasteiger partial charge in [0.15, 0.2) is 5.82 Å². The third-order valence-corrected chi connectivity index (χ3v) is 3.98. The Morgan fingerprint density at radius 3 is 3.00 bits per heavy atom. The molecule has 116 valence electrons. The molecule has 1 amide bonds. The third kappa shape index (κ3) is 3.81. The minimum absolute atomic E-state index is 0.0183. The number of amides is 1. The van der Waals surface area contributed by atoms with E-state index in [-0.39, 0.29) is 18.4 Å². The SMILES string of the molecule is COC(=O)Cn1ccc(NC(=O)C2CCCCC2(C)N)n1. The molecule has 0 spiro atoms. The highest BCUT2D eigenvalue weighted by atomic mass is 16.5. The lowest BCUT2D eigenvalue weighted by atomic mass is 9.74. The smallest absolute Gasteiger partial charge is 0.327 e. The Labute approximate surface area is 123 Å². The van der Waals surface area contributed by atoms with Crippen LogP contribution in [0, 0.1) is 5.92 Å². The van der Waals surface area contributed by atoms with Gasteiger partial charge in [-0.2, -0.15) is 5.10 Å². The molecule has 7 nitrogen and oxygen atoms in total. The van der Waals surface area contributed by atoms with Crippen molar-refractivity contribution in [2.45, 2.75) is 44.7 Å². The number of carbonyl (C=O) groups is 2. The average molecular weight is 294 g/mol. The molecule has 2 atom stereocenters. The largest absolute Gasteiger partial charge is 0.468 e. The van der Waals surface area contributed by atoms with E-state index in [1.54, 1.807) is 12.3 Å². The zero-order valence-electron chi connectivity index (χ0n) is 12.5. The average Bonchev–Trinajstić information content (AvgIpc) is 2.85. The Morgan fingerprint density at radius 1 is 1.57 bits per heavy atom. The van der Waals surface area contributed by atoms with Crippen LogP contribution >= 0.6 is 0 Å². The minimum Gasteiger partial charge on any atom is -0.468 e. The van der Waals surface area contributed by atoms with Crippen molar-refractivity contribution in [3.63, 3.8) is 0 Å². The number of nitrogens with zero attached hydrogens (tertiary/aromatic N) is 2. The number of carbonyl (C=O) groups excluding carboxylic acids is 2. The van der Waals surface area contributed by atoms with Gasteiger partial charge in [0.25, 0.3) is 0 Å². The van der Waals surface area contributed by atoms with E-state index in [1.807, 2.05) is 6.92 Å². The lowest BCUT2D eigenvalue weighted by Gasteiger charge is -2.37. The van der Waals surface area contributed by atoms with Crippen LogP contribution in [0.25, 0.3) is 0 Å². The molecule has 0 aromatic carbocycles. The maximum atomic E-state index is 12.3. The minimum atomic E-state index is -0.475. The van der Waals surface area contributed by atoms with E-state index in [2.05, 4.69) is 15.2 Å². The number of ether oxygens (including phenoxy) is 1. The number of methoxy groups -OCH3 is 1. The first-order valence-corrected chi connectivity index (χ1v) is 7.12. The highest BCUT2D eigenvalue weighted by molar-refractivity contribution is 5.92. The Kier molecular flexibility index (Phi) is 4.62. The van der Waals surface area contributed by atoms with Gasteiger partial charge in [0.1, 0.15) is 6.54 Å². The number of esters is 1. The normalized spacial score (nSPS) is 25.4. The molecule has 0 aliphatic heterocycles. The summed E-state index contributed by atoms with van der Waals surface area (Å²) >= 11 is 0. The molecule has 1 saturated carbocycles. The van der Waals surface area contributed by atoms with Gasteiger partial charge in [-0.25, -0.2) is 0 Å². The van der Waals surface area contributed by atoms with Crippen LogP contribution in [0.1, 0.15) is 32.6 Å². The van der Waals surface area contributed by atoms with E-state index >= 15 is 0 Å². The van der Waals surface area contributed by atoms with E-state index in [1.165, 1.54) is 11.8 Å². The lowest BCUT2D eigenvalue weighted by molar-refractivity contribution is -0.141. The van der Waals surface area contributed by atoms with Gasteiger partial charge in [-0.1, -0.05) is 12.8 Å². The molecule has 1 heterocycles. The standard InChI is InChI=1S/C14H22N4O3/c1-14(15)7-4-3-5-10(14)13(20)16-11-6-8-18(17-11)9-12(19)21-2/h6,8,10H,3-5,7,9,15H2,1-2H3,(H,16,17,20). The van der Waals surface area contributed by atoms with Crippen molar-refractivity contribution >= 4 is 17.7 Å². The van der Waals surface area contributed by atoms with Crippen LogP contribution < -0.4 is 11.1 Å². The first-order chi connectivity index (χ1) is 9.92. The summed E-state index contributed by atoms with van der Waals surface area (Å²) in [6, 6.07) is 1.65. The van der Waals surface area contributed by atoms with Gasteiger partial charge in [0.05, 0.1) is 13.0 Å². The van der Waals surface area contributed by atoms with E-state index in [0.717, 1.165) is 25.7 Å². The number of aromatic nitrogens is 2. The van der Waals surface area contributed by atoms with Gasteiger partial charge >= 0.3 is 5.97 Å². The van der Waals surface area contributed by atoms with Gasteiger partial charge in [-0.3, -0.25) is 14.3 Å². The van der Waals surface area contributed by atoms with Crippen molar-refractivity contribution in [3.05, 3.63) is 12.3 Å². The van der Waals surface area contributed by atoms with Gasteiger partial charge in [-0.15, -0.1) is 0 Å². The van der Waals surface area contributed by atoms with E-state index < -0.39 is 11.5 Å². The van der Waals surface area contributed by atoms with Gasteiger partial charge in [0, 0.05) is 17.8 Å². The summed E-state index contributed by atoms with van der Waals surface area (Å²) in [6.45, 7) is 1.94. The Hall–Kier alpha value is -1.89. The van der Waals surface area contributed by atoms with Crippen molar-refractivity contribution in [2.75, 3.05) is 12.4 Å². The zero-order valence-corrected chi connectivity index (χ0v) is 12.5. The van der Waals surface area contributed by atoms with E-state index in [4.69, 9.17) is 5.73 Å². The van der Waals surface area contributed by atoms with Crippen LogP contribution in [0.4, 0.5) is 5.82 Å². The molecule has 0 radical (unpaired) electrons. The first kappa shape index (κ1) is 15.5.